The molecule has 1 aliphatic rings. The molecule has 1 aromatic rings. The number of nitrogens with two attached hydrogens (primary N) is 1. The molecule has 0 bridgehead atoms. The molecule has 2 rings (SSSR count). The van der Waals surface area contributed by atoms with Gasteiger partial charge in [0.1, 0.15) is 5.75 Å². The molecule has 0 spiro atoms. The van der Waals surface area contributed by atoms with Crippen molar-refractivity contribution >= 4 is 5.97 Å². The van der Waals surface area contributed by atoms with Crippen molar-refractivity contribution in [2.45, 2.75) is 18.3 Å². The van der Waals surface area contributed by atoms with Crippen LogP contribution in [0.2, 0.25) is 0 Å². The van der Waals surface area contributed by atoms with Crippen LogP contribution in [0.1, 0.15) is 18.4 Å². The Kier molecular flexibility index (Phi) is 2.83. The molecular weight excluding hydrogens is 206 g/mol. The van der Waals surface area contributed by atoms with Crippen LogP contribution in [0.25, 0.3) is 0 Å². The lowest BCUT2D eigenvalue weighted by Gasteiger charge is -2.36. The second kappa shape index (κ2) is 4.14. The van der Waals surface area contributed by atoms with E-state index in [-0.39, 0.29) is 6.42 Å². The van der Waals surface area contributed by atoms with Gasteiger partial charge in [0.25, 0.3) is 0 Å². The summed E-state index contributed by atoms with van der Waals surface area (Å²) in [5.74, 6) is -0.0531. The van der Waals surface area contributed by atoms with Crippen LogP contribution in [0, 0.1) is 0 Å². The number of benzene rings is 1. The molecule has 1 aromatic carbocycles. The molecular formula is C12H15NO3. The molecule has 0 amide bonds. The normalized spacial score (nSPS) is 23.3. The highest BCUT2D eigenvalue weighted by atomic mass is 16.5. The molecule has 1 unspecified atom stereocenters. The molecule has 4 heteroatoms. The van der Waals surface area contributed by atoms with Crippen molar-refractivity contribution in [3.8, 4) is 5.75 Å². The third kappa shape index (κ3) is 1.76. The lowest BCUT2D eigenvalue weighted by atomic mass is 9.73. The lowest BCUT2D eigenvalue weighted by molar-refractivity contribution is -0.138. The highest BCUT2D eigenvalue weighted by Gasteiger charge is 2.38. The number of fused-ring (bicyclic) bond motifs is 1. The number of hydrogen-bond donors (Lipinski definition) is 2. The van der Waals surface area contributed by atoms with E-state index >= 15 is 0 Å². The number of carbonyl (C=O) groups is 1. The number of carboxylic acids is 1. The van der Waals surface area contributed by atoms with Gasteiger partial charge in [-0.05, 0) is 12.5 Å². The topological polar surface area (TPSA) is 72.6 Å². The summed E-state index contributed by atoms with van der Waals surface area (Å²) in [5, 5.41) is 8.99. The smallest absolute Gasteiger partial charge is 0.304 e. The van der Waals surface area contributed by atoms with Crippen molar-refractivity contribution in [3.05, 3.63) is 29.8 Å². The van der Waals surface area contributed by atoms with Gasteiger partial charge >= 0.3 is 5.97 Å². The number of hydrogen-bond acceptors (Lipinski definition) is 3. The molecule has 86 valence electrons. The predicted octanol–water partition coefficient (Wildman–Crippen LogP) is 1.14. The number of ether oxygens (including phenoxy) is 1. The number of rotatable bonds is 3. The van der Waals surface area contributed by atoms with Gasteiger partial charge in [-0.2, -0.15) is 0 Å². The van der Waals surface area contributed by atoms with Crippen molar-refractivity contribution in [3.63, 3.8) is 0 Å². The van der Waals surface area contributed by atoms with Gasteiger partial charge in [0.15, 0.2) is 0 Å². The maximum absolute atomic E-state index is 10.9. The van der Waals surface area contributed by atoms with Crippen LogP contribution in [0.4, 0.5) is 0 Å². The summed E-state index contributed by atoms with van der Waals surface area (Å²) in [6.45, 7) is 0.862. The zero-order valence-electron chi connectivity index (χ0n) is 8.98. The predicted molar refractivity (Wildman–Crippen MR) is 59.5 cm³/mol. The van der Waals surface area contributed by atoms with Gasteiger partial charge in [0.05, 0.1) is 13.0 Å². The van der Waals surface area contributed by atoms with Crippen molar-refractivity contribution in [2.24, 2.45) is 5.73 Å². The first kappa shape index (κ1) is 11.0. The maximum atomic E-state index is 10.9. The highest BCUT2D eigenvalue weighted by molar-refractivity contribution is 5.69. The number of carboxylic acid groups (broad SMARTS) is 1. The van der Waals surface area contributed by atoms with Gasteiger partial charge in [-0.3, -0.25) is 4.79 Å². The zero-order valence-corrected chi connectivity index (χ0v) is 8.98. The quantitative estimate of drug-likeness (QED) is 0.802. The van der Waals surface area contributed by atoms with E-state index in [1.807, 2.05) is 24.3 Å². The monoisotopic (exact) mass is 221 g/mol. The maximum Gasteiger partial charge on any atom is 0.304 e. The molecule has 16 heavy (non-hydrogen) atoms. The fraction of sp³-hybridized carbons (Fsp3) is 0.417. The Morgan fingerprint density at radius 1 is 1.50 bits per heavy atom. The van der Waals surface area contributed by atoms with Crippen molar-refractivity contribution in [2.75, 3.05) is 13.2 Å². The van der Waals surface area contributed by atoms with E-state index in [1.165, 1.54) is 0 Å². The zero-order chi connectivity index (χ0) is 11.6. The second-order valence-corrected chi connectivity index (χ2v) is 4.15. The Bertz CT molecular complexity index is 405. The average molecular weight is 221 g/mol. The van der Waals surface area contributed by atoms with Gasteiger partial charge in [0, 0.05) is 17.5 Å². The molecule has 0 saturated heterocycles. The minimum Gasteiger partial charge on any atom is -0.493 e. The summed E-state index contributed by atoms with van der Waals surface area (Å²) in [5.41, 5.74) is 6.23. The first-order valence-electron chi connectivity index (χ1n) is 5.32. The van der Waals surface area contributed by atoms with E-state index in [0.717, 1.165) is 11.3 Å². The minimum atomic E-state index is -0.817. The van der Waals surface area contributed by atoms with Crippen molar-refractivity contribution < 1.29 is 14.6 Å². The van der Waals surface area contributed by atoms with Crippen molar-refractivity contribution in [1.29, 1.82) is 0 Å². The van der Waals surface area contributed by atoms with Crippen LogP contribution in [0.15, 0.2) is 24.3 Å². The largest absolute Gasteiger partial charge is 0.493 e. The molecule has 0 radical (unpaired) electrons. The SMILES string of the molecule is NCC1(CC(=O)O)CCOc2ccccc21. The first-order chi connectivity index (χ1) is 7.68. The Hall–Kier alpha value is -1.55. The van der Waals surface area contributed by atoms with Gasteiger partial charge in [0.2, 0.25) is 0 Å². The Morgan fingerprint density at radius 2 is 2.25 bits per heavy atom. The Balaban J connectivity index is 2.44. The molecule has 1 heterocycles. The van der Waals surface area contributed by atoms with E-state index in [4.69, 9.17) is 15.6 Å². The van der Waals surface area contributed by atoms with E-state index in [9.17, 15) is 4.79 Å². The summed E-state index contributed by atoms with van der Waals surface area (Å²) in [6.07, 6.45) is 0.719. The summed E-state index contributed by atoms with van der Waals surface area (Å²) in [4.78, 5) is 10.9. The molecule has 0 fully saturated rings. The summed E-state index contributed by atoms with van der Waals surface area (Å²) in [7, 11) is 0. The summed E-state index contributed by atoms with van der Waals surface area (Å²) < 4.78 is 5.51. The summed E-state index contributed by atoms with van der Waals surface area (Å²) >= 11 is 0. The van der Waals surface area contributed by atoms with E-state index in [2.05, 4.69) is 0 Å². The molecule has 0 aromatic heterocycles. The Morgan fingerprint density at radius 3 is 2.94 bits per heavy atom. The summed E-state index contributed by atoms with van der Waals surface area (Å²) in [6, 6.07) is 7.54. The van der Waals surface area contributed by atoms with Gasteiger partial charge in [-0.1, -0.05) is 18.2 Å². The van der Waals surface area contributed by atoms with Gasteiger partial charge < -0.3 is 15.6 Å². The van der Waals surface area contributed by atoms with Crippen molar-refractivity contribution in [1.82, 2.24) is 0 Å². The van der Waals surface area contributed by atoms with E-state index < -0.39 is 11.4 Å². The van der Waals surface area contributed by atoms with Crippen LogP contribution in [0.3, 0.4) is 0 Å². The van der Waals surface area contributed by atoms with E-state index in [0.29, 0.717) is 19.6 Å². The molecule has 0 saturated carbocycles. The third-order valence-electron chi connectivity index (χ3n) is 3.18. The molecule has 1 aliphatic heterocycles. The van der Waals surface area contributed by atoms with Crippen LogP contribution in [-0.4, -0.2) is 24.2 Å². The second-order valence-electron chi connectivity index (χ2n) is 4.15. The Labute approximate surface area is 94.0 Å². The fourth-order valence-electron chi connectivity index (χ4n) is 2.28. The lowest BCUT2D eigenvalue weighted by Crippen LogP contribution is -2.41. The molecule has 0 aliphatic carbocycles. The standard InChI is InChI=1S/C12H15NO3/c13-8-12(7-11(14)15)5-6-16-10-4-2-1-3-9(10)12/h1-4H,5-8,13H2,(H,14,15). The van der Waals surface area contributed by atoms with Gasteiger partial charge in [-0.15, -0.1) is 0 Å². The number of aliphatic carboxylic acids is 1. The van der Waals surface area contributed by atoms with E-state index in [1.54, 1.807) is 0 Å². The first-order valence-corrected chi connectivity index (χ1v) is 5.32. The molecule has 1 atom stereocenters. The minimum absolute atomic E-state index is 0.0594. The fourth-order valence-corrected chi connectivity index (χ4v) is 2.28. The third-order valence-corrected chi connectivity index (χ3v) is 3.18. The van der Waals surface area contributed by atoms with Gasteiger partial charge in [-0.25, -0.2) is 0 Å². The molecule has 3 N–H and O–H groups in total. The van der Waals surface area contributed by atoms with Crippen LogP contribution < -0.4 is 10.5 Å². The molecule has 4 nitrogen and oxygen atoms in total. The van der Waals surface area contributed by atoms with Crippen LogP contribution >= 0.6 is 0 Å². The number of para-hydroxylation sites is 1. The average Bonchev–Trinajstić information content (AvgIpc) is 2.29. The van der Waals surface area contributed by atoms with Crippen LogP contribution in [0.5, 0.6) is 5.75 Å². The highest BCUT2D eigenvalue weighted by Crippen LogP contribution is 2.40. The van der Waals surface area contributed by atoms with Crippen LogP contribution in [-0.2, 0) is 10.2 Å².